The van der Waals surface area contributed by atoms with Crippen molar-refractivity contribution in [2.45, 2.75) is 50.1 Å². The smallest absolute Gasteiger partial charge is 0.293 e. The Labute approximate surface area is 201 Å². The van der Waals surface area contributed by atoms with Crippen LogP contribution in [0.5, 0.6) is 5.75 Å². The van der Waals surface area contributed by atoms with E-state index in [-0.39, 0.29) is 18.1 Å². The number of nitrogens with zero attached hydrogens (tertiary/aromatic N) is 3. The molecule has 7 nitrogen and oxygen atoms in total. The van der Waals surface area contributed by atoms with Gasteiger partial charge in [-0.3, -0.25) is 14.6 Å². The minimum atomic E-state index is -1.27. The second-order valence-corrected chi connectivity index (χ2v) is 9.76. The number of benzene rings is 2. The minimum absolute atomic E-state index is 0.00694. The minimum Gasteiger partial charge on any atom is -0.497 e. The van der Waals surface area contributed by atoms with E-state index in [4.69, 9.17) is 14.2 Å². The van der Waals surface area contributed by atoms with Gasteiger partial charge in [0.15, 0.2) is 0 Å². The maximum atomic E-state index is 13.9. The number of rotatable bonds is 4. The summed E-state index contributed by atoms with van der Waals surface area (Å²) in [6.07, 6.45) is 5.44. The SMILES string of the molecule is COc1ccc(N2CCN(CN3C(=O)C4(OC5CCCCCC5O4)c4ccccc43)CC2)cc1. The lowest BCUT2D eigenvalue weighted by atomic mass is 10.1. The van der Waals surface area contributed by atoms with Crippen LogP contribution < -0.4 is 14.5 Å². The van der Waals surface area contributed by atoms with Crippen molar-refractivity contribution in [2.75, 3.05) is 49.8 Å². The zero-order chi connectivity index (χ0) is 23.1. The van der Waals surface area contributed by atoms with Gasteiger partial charge >= 0.3 is 0 Å². The molecule has 3 fully saturated rings. The number of methoxy groups -OCH3 is 1. The summed E-state index contributed by atoms with van der Waals surface area (Å²) in [5.74, 6) is -0.470. The van der Waals surface area contributed by atoms with Crippen molar-refractivity contribution in [1.82, 2.24) is 4.90 Å². The van der Waals surface area contributed by atoms with E-state index in [1.807, 2.05) is 41.3 Å². The molecule has 34 heavy (non-hydrogen) atoms. The fourth-order valence-electron chi connectivity index (χ4n) is 5.86. The largest absolute Gasteiger partial charge is 0.497 e. The number of hydrogen-bond donors (Lipinski definition) is 0. The highest BCUT2D eigenvalue weighted by Gasteiger charge is 2.61. The molecular formula is C27H33N3O4. The van der Waals surface area contributed by atoms with Crippen LogP contribution >= 0.6 is 0 Å². The van der Waals surface area contributed by atoms with E-state index in [9.17, 15) is 4.79 Å². The van der Waals surface area contributed by atoms with Crippen LogP contribution in [-0.4, -0.2) is 63.0 Å². The normalized spacial score (nSPS) is 29.3. The van der Waals surface area contributed by atoms with E-state index in [1.165, 1.54) is 12.1 Å². The second-order valence-electron chi connectivity index (χ2n) is 9.76. The summed E-state index contributed by atoms with van der Waals surface area (Å²) < 4.78 is 18.3. The summed E-state index contributed by atoms with van der Waals surface area (Å²) in [6.45, 7) is 4.16. The van der Waals surface area contributed by atoms with Crippen LogP contribution in [0.1, 0.15) is 37.7 Å². The predicted molar refractivity (Wildman–Crippen MR) is 130 cm³/mol. The third kappa shape index (κ3) is 3.67. The van der Waals surface area contributed by atoms with Crippen molar-refractivity contribution < 1.29 is 19.0 Å². The van der Waals surface area contributed by atoms with Gasteiger partial charge in [0.25, 0.3) is 11.7 Å². The Morgan fingerprint density at radius 1 is 0.912 bits per heavy atom. The number of piperazine rings is 1. The van der Waals surface area contributed by atoms with Gasteiger partial charge in [0.2, 0.25) is 0 Å². The van der Waals surface area contributed by atoms with Gasteiger partial charge in [-0.25, -0.2) is 0 Å². The molecule has 3 heterocycles. The molecule has 1 amide bonds. The molecule has 0 aromatic heterocycles. The quantitative estimate of drug-likeness (QED) is 0.689. The Morgan fingerprint density at radius 3 is 2.26 bits per heavy atom. The summed E-state index contributed by atoms with van der Waals surface area (Å²) in [5.41, 5.74) is 2.99. The number of carbonyl (C=O) groups is 1. The van der Waals surface area contributed by atoms with E-state index >= 15 is 0 Å². The Kier molecular flexibility index (Phi) is 5.71. The van der Waals surface area contributed by atoms with Gasteiger partial charge < -0.3 is 19.1 Å². The lowest BCUT2D eigenvalue weighted by Gasteiger charge is -2.38. The van der Waals surface area contributed by atoms with Crippen LogP contribution in [0.4, 0.5) is 11.4 Å². The molecule has 0 radical (unpaired) electrons. The maximum absolute atomic E-state index is 13.9. The maximum Gasteiger partial charge on any atom is 0.293 e. The van der Waals surface area contributed by atoms with E-state index in [0.717, 1.165) is 68.9 Å². The third-order valence-corrected chi connectivity index (χ3v) is 7.75. The number of fused-ring (bicyclic) bond motifs is 3. The lowest BCUT2D eigenvalue weighted by Crippen LogP contribution is -2.52. The highest BCUT2D eigenvalue weighted by atomic mass is 16.8. The highest BCUT2D eigenvalue weighted by molar-refractivity contribution is 6.06. The number of amides is 1. The van der Waals surface area contributed by atoms with Crippen molar-refractivity contribution in [2.24, 2.45) is 0 Å². The summed E-state index contributed by atoms with van der Waals surface area (Å²) in [5, 5.41) is 0. The molecule has 2 aromatic carbocycles. The molecular weight excluding hydrogens is 430 g/mol. The fourth-order valence-corrected chi connectivity index (χ4v) is 5.86. The van der Waals surface area contributed by atoms with Crippen LogP contribution in [-0.2, 0) is 20.1 Å². The van der Waals surface area contributed by atoms with Crippen molar-refractivity contribution >= 4 is 17.3 Å². The number of anilines is 2. The molecule has 2 saturated heterocycles. The standard InChI is InChI=1S/C27H33N3O4/c1-32-21-13-11-20(12-14-21)29-17-15-28(16-18-29)19-30-23-8-6-5-7-22(23)27(26(30)31)33-24-9-3-2-4-10-25(24)34-27/h5-8,11-14,24-25H,2-4,9-10,15-19H2,1H3. The number of para-hydroxylation sites is 1. The molecule has 0 N–H and O–H groups in total. The average Bonchev–Trinajstić information content (AvgIpc) is 3.25. The summed E-state index contributed by atoms with van der Waals surface area (Å²) in [4.78, 5) is 20.5. The lowest BCUT2D eigenvalue weighted by molar-refractivity contribution is -0.191. The Bertz CT molecular complexity index is 1020. The molecule has 1 spiro atoms. The van der Waals surface area contributed by atoms with Crippen LogP contribution in [0.2, 0.25) is 0 Å². The van der Waals surface area contributed by atoms with Gasteiger partial charge in [0, 0.05) is 37.4 Å². The van der Waals surface area contributed by atoms with Crippen molar-refractivity contribution in [1.29, 1.82) is 0 Å². The second kappa shape index (κ2) is 8.87. The monoisotopic (exact) mass is 463 g/mol. The highest BCUT2D eigenvalue weighted by Crippen LogP contribution is 2.50. The van der Waals surface area contributed by atoms with Gasteiger partial charge in [-0.2, -0.15) is 0 Å². The first-order valence-corrected chi connectivity index (χ1v) is 12.6. The van der Waals surface area contributed by atoms with Crippen molar-refractivity contribution in [3.8, 4) is 5.75 Å². The molecule has 1 saturated carbocycles. The molecule has 4 aliphatic rings. The first-order valence-electron chi connectivity index (χ1n) is 12.6. The van der Waals surface area contributed by atoms with E-state index in [0.29, 0.717) is 6.67 Å². The van der Waals surface area contributed by atoms with Gasteiger partial charge in [0.1, 0.15) is 5.75 Å². The van der Waals surface area contributed by atoms with Crippen molar-refractivity contribution in [3.63, 3.8) is 0 Å². The van der Waals surface area contributed by atoms with E-state index in [1.54, 1.807) is 7.11 Å². The molecule has 2 aromatic rings. The van der Waals surface area contributed by atoms with Gasteiger partial charge in [0.05, 0.1) is 31.7 Å². The van der Waals surface area contributed by atoms with Gasteiger partial charge in [-0.05, 0) is 43.2 Å². The summed E-state index contributed by atoms with van der Waals surface area (Å²) >= 11 is 0. The average molecular weight is 464 g/mol. The van der Waals surface area contributed by atoms with Gasteiger partial charge in [-0.15, -0.1) is 0 Å². The van der Waals surface area contributed by atoms with E-state index < -0.39 is 5.79 Å². The third-order valence-electron chi connectivity index (χ3n) is 7.75. The molecule has 180 valence electrons. The molecule has 1 aliphatic carbocycles. The van der Waals surface area contributed by atoms with Crippen LogP contribution in [0.3, 0.4) is 0 Å². The molecule has 2 atom stereocenters. The van der Waals surface area contributed by atoms with Crippen LogP contribution in [0.15, 0.2) is 48.5 Å². The molecule has 3 aliphatic heterocycles. The predicted octanol–water partition coefficient (Wildman–Crippen LogP) is 3.72. The Hall–Kier alpha value is -2.61. The first-order chi connectivity index (χ1) is 16.7. The summed E-state index contributed by atoms with van der Waals surface area (Å²) in [6, 6.07) is 16.2. The Balaban J connectivity index is 1.17. The zero-order valence-electron chi connectivity index (χ0n) is 19.8. The van der Waals surface area contributed by atoms with Crippen LogP contribution in [0.25, 0.3) is 0 Å². The Morgan fingerprint density at radius 2 is 1.59 bits per heavy atom. The molecule has 0 bridgehead atoms. The molecule has 6 rings (SSSR count). The number of ether oxygens (including phenoxy) is 3. The summed E-state index contributed by atoms with van der Waals surface area (Å²) in [7, 11) is 1.69. The number of carbonyl (C=O) groups excluding carboxylic acids is 1. The molecule has 7 heteroatoms. The van der Waals surface area contributed by atoms with E-state index in [2.05, 4.69) is 21.9 Å². The number of hydrogen-bond acceptors (Lipinski definition) is 6. The van der Waals surface area contributed by atoms with Crippen LogP contribution in [0, 0.1) is 0 Å². The zero-order valence-corrected chi connectivity index (χ0v) is 19.8. The first kappa shape index (κ1) is 21.9. The molecule has 2 unspecified atom stereocenters. The topological polar surface area (TPSA) is 54.5 Å². The van der Waals surface area contributed by atoms with Gasteiger partial charge in [-0.1, -0.05) is 37.5 Å². The fraction of sp³-hybridized carbons (Fsp3) is 0.519. The van der Waals surface area contributed by atoms with Crippen molar-refractivity contribution in [3.05, 3.63) is 54.1 Å².